The quantitative estimate of drug-likeness (QED) is 0.600. The highest BCUT2D eigenvalue weighted by molar-refractivity contribution is 5.10. The van der Waals surface area contributed by atoms with Crippen LogP contribution in [0, 0.1) is 0 Å². The zero-order chi connectivity index (χ0) is 9.52. The van der Waals surface area contributed by atoms with Crippen LogP contribution in [0.15, 0.2) is 24.8 Å². The van der Waals surface area contributed by atoms with Crippen LogP contribution in [0.4, 0.5) is 0 Å². The number of allylic oxidation sites excluding steroid dienone is 1. The van der Waals surface area contributed by atoms with E-state index in [1.165, 1.54) is 50.9 Å². The van der Waals surface area contributed by atoms with Crippen molar-refractivity contribution in [1.29, 1.82) is 0 Å². The summed E-state index contributed by atoms with van der Waals surface area (Å²) in [7, 11) is 0. The molecule has 1 rings (SSSR count). The van der Waals surface area contributed by atoms with Crippen molar-refractivity contribution in [2.45, 2.75) is 32.1 Å². The molecule has 0 spiro atoms. The summed E-state index contributed by atoms with van der Waals surface area (Å²) in [5.41, 5.74) is 1.17. The summed E-state index contributed by atoms with van der Waals surface area (Å²) in [4.78, 5) is 2.56. The van der Waals surface area contributed by atoms with Crippen LogP contribution in [0.1, 0.15) is 32.1 Å². The van der Waals surface area contributed by atoms with Gasteiger partial charge in [-0.2, -0.15) is 0 Å². The van der Waals surface area contributed by atoms with Crippen LogP contribution in [0.5, 0.6) is 0 Å². The fourth-order valence-electron chi connectivity index (χ4n) is 1.76. The average molecular weight is 179 g/mol. The van der Waals surface area contributed by atoms with Crippen LogP contribution in [-0.2, 0) is 0 Å². The first-order valence-corrected chi connectivity index (χ1v) is 5.35. The Balaban J connectivity index is 2.18. The van der Waals surface area contributed by atoms with E-state index in [0.29, 0.717) is 0 Å². The highest BCUT2D eigenvalue weighted by atomic mass is 15.1. The summed E-state index contributed by atoms with van der Waals surface area (Å²) in [5, 5.41) is 0. The van der Waals surface area contributed by atoms with Crippen molar-refractivity contribution in [2.24, 2.45) is 0 Å². The molecule has 1 aliphatic heterocycles. The van der Waals surface area contributed by atoms with Gasteiger partial charge in [-0.3, -0.25) is 0 Å². The van der Waals surface area contributed by atoms with Gasteiger partial charge in [0.2, 0.25) is 0 Å². The Morgan fingerprint density at radius 3 is 2.31 bits per heavy atom. The van der Waals surface area contributed by atoms with Crippen LogP contribution in [0.2, 0.25) is 0 Å². The topological polar surface area (TPSA) is 3.24 Å². The third-order valence-corrected chi connectivity index (χ3v) is 2.74. The maximum absolute atomic E-state index is 3.94. The zero-order valence-electron chi connectivity index (χ0n) is 8.60. The lowest BCUT2D eigenvalue weighted by molar-refractivity contribution is 0.289. The van der Waals surface area contributed by atoms with Gasteiger partial charge in [-0.05, 0) is 32.4 Å². The molecule has 0 amide bonds. The molecule has 0 aromatic carbocycles. The fourth-order valence-corrected chi connectivity index (χ4v) is 1.76. The number of nitrogens with zero attached hydrogens (tertiary/aromatic N) is 1. The van der Waals surface area contributed by atoms with E-state index in [2.05, 4.69) is 18.1 Å². The van der Waals surface area contributed by atoms with Gasteiger partial charge >= 0.3 is 0 Å². The normalized spacial score (nSPS) is 19.4. The molecular formula is C12H21N. The van der Waals surface area contributed by atoms with Crippen LogP contribution >= 0.6 is 0 Å². The molecular weight excluding hydrogens is 158 g/mol. The second-order valence-corrected chi connectivity index (χ2v) is 3.87. The summed E-state index contributed by atoms with van der Waals surface area (Å²) in [5.74, 6) is 0. The summed E-state index contributed by atoms with van der Waals surface area (Å²) < 4.78 is 0. The maximum atomic E-state index is 3.94. The second-order valence-electron chi connectivity index (χ2n) is 3.87. The zero-order valence-corrected chi connectivity index (χ0v) is 8.60. The van der Waals surface area contributed by atoms with E-state index >= 15 is 0 Å². The molecule has 0 aromatic rings. The summed E-state index contributed by atoms with van der Waals surface area (Å²) in [6.45, 7) is 11.4. The van der Waals surface area contributed by atoms with Crippen LogP contribution in [-0.4, -0.2) is 24.5 Å². The number of hydrogen-bond acceptors (Lipinski definition) is 1. The number of rotatable bonds is 4. The number of hydrogen-bond donors (Lipinski definition) is 0. The van der Waals surface area contributed by atoms with E-state index in [1.54, 1.807) is 0 Å². The van der Waals surface area contributed by atoms with Crippen molar-refractivity contribution in [1.82, 2.24) is 4.90 Å². The van der Waals surface area contributed by atoms with E-state index in [-0.39, 0.29) is 0 Å². The molecule has 1 saturated heterocycles. The Bertz CT molecular complexity index is 164. The average Bonchev–Trinajstić information content (AvgIpc) is 2.42. The van der Waals surface area contributed by atoms with Crippen molar-refractivity contribution in [3.05, 3.63) is 24.8 Å². The van der Waals surface area contributed by atoms with E-state index in [4.69, 9.17) is 0 Å². The lowest BCUT2D eigenvalue weighted by atomic mass is 10.2. The van der Waals surface area contributed by atoms with Gasteiger partial charge < -0.3 is 4.90 Å². The van der Waals surface area contributed by atoms with Crippen molar-refractivity contribution >= 4 is 0 Å². The van der Waals surface area contributed by atoms with Crippen LogP contribution in [0.25, 0.3) is 0 Å². The van der Waals surface area contributed by atoms with Gasteiger partial charge in [-0.1, -0.05) is 37.6 Å². The highest BCUT2D eigenvalue weighted by Gasteiger charge is 2.07. The second kappa shape index (κ2) is 5.98. The molecule has 0 aliphatic carbocycles. The Morgan fingerprint density at radius 2 is 1.77 bits per heavy atom. The molecule has 0 atom stereocenters. The first-order chi connectivity index (χ1) is 6.33. The predicted octanol–water partition coefficient (Wildman–Crippen LogP) is 2.99. The maximum Gasteiger partial charge on any atom is 0.00216 e. The molecule has 1 fully saturated rings. The predicted molar refractivity (Wildman–Crippen MR) is 58.9 cm³/mol. The SMILES string of the molecule is C=CC(=C)CCN1CCCCCC1. The largest absolute Gasteiger partial charge is 0.303 e. The van der Waals surface area contributed by atoms with Gasteiger partial charge in [-0.15, -0.1) is 0 Å². The van der Waals surface area contributed by atoms with E-state index in [0.717, 1.165) is 6.42 Å². The number of likely N-dealkylation sites (tertiary alicyclic amines) is 1. The van der Waals surface area contributed by atoms with Gasteiger partial charge in [0.05, 0.1) is 0 Å². The van der Waals surface area contributed by atoms with Gasteiger partial charge in [0.15, 0.2) is 0 Å². The van der Waals surface area contributed by atoms with Gasteiger partial charge in [0, 0.05) is 6.54 Å². The van der Waals surface area contributed by atoms with E-state index in [1.807, 2.05) is 6.08 Å². The van der Waals surface area contributed by atoms with Crippen molar-refractivity contribution in [3.63, 3.8) is 0 Å². The Morgan fingerprint density at radius 1 is 1.15 bits per heavy atom. The van der Waals surface area contributed by atoms with Gasteiger partial charge in [-0.25, -0.2) is 0 Å². The van der Waals surface area contributed by atoms with Gasteiger partial charge in [0.1, 0.15) is 0 Å². The van der Waals surface area contributed by atoms with Gasteiger partial charge in [0.25, 0.3) is 0 Å². The molecule has 74 valence electrons. The molecule has 0 N–H and O–H groups in total. The minimum absolute atomic E-state index is 1.09. The Hall–Kier alpha value is -0.560. The molecule has 0 saturated carbocycles. The third kappa shape index (κ3) is 4.28. The minimum atomic E-state index is 1.09. The van der Waals surface area contributed by atoms with Crippen molar-refractivity contribution in [3.8, 4) is 0 Å². The van der Waals surface area contributed by atoms with Crippen molar-refractivity contribution < 1.29 is 0 Å². The van der Waals surface area contributed by atoms with Crippen LogP contribution < -0.4 is 0 Å². The molecule has 1 heterocycles. The molecule has 0 radical (unpaired) electrons. The van der Waals surface area contributed by atoms with Crippen LogP contribution in [0.3, 0.4) is 0 Å². The highest BCUT2D eigenvalue weighted by Crippen LogP contribution is 2.11. The summed E-state index contributed by atoms with van der Waals surface area (Å²) in [6.07, 6.45) is 8.54. The molecule has 13 heavy (non-hydrogen) atoms. The Kier molecular flexibility index (Phi) is 4.84. The first kappa shape index (κ1) is 10.5. The summed E-state index contributed by atoms with van der Waals surface area (Å²) >= 11 is 0. The first-order valence-electron chi connectivity index (χ1n) is 5.35. The molecule has 0 aromatic heterocycles. The summed E-state index contributed by atoms with van der Waals surface area (Å²) in [6, 6.07) is 0. The van der Waals surface area contributed by atoms with Crippen molar-refractivity contribution in [2.75, 3.05) is 19.6 Å². The molecule has 0 bridgehead atoms. The molecule has 0 unspecified atom stereocenters. The molecule has 1 heteroatoms. The van der Waals surface area contributed by atoms with E-state index < -0.39 is 0 Å². The standard InChI is InChI=1S/C12H21N/c1-3-12(2)8-11-13-9-6-4-5-7-10-13/h3H,1-2,4-11H2. The lowest BCUT2D eigenvalue weighted by Crippen LogP contribution is -2.25. The third-order valence-electron chi connectivity index (χ3n) is 2.74. The molecule has 1 nitrogen and oxygen atoms in total. The monoisotopic (exact) mass is 179 g/mol. The smallest absolute Gasteiger partial charge is 0.00216 e. The minimum Gasteiger partial charge on any atom is -0.303 e. The lowest BCUT2D eigenvalue weighted by Gasteiger charge is -2.19. The fraction of sp³-hybridized carbons (Fsp3) is 0.667. The Labute approximate surface area is 82.1 Å². The molecule has 1 aliphatic rings. The van der Waals surface area contributed by atoms with E-state index in [9.17, 15) is 0 Å².